The van der Waals surface area contributed by atoms with E-state index in [1.165, 1.54) is 10.9 Å². The molecule has 1 aliphatic rings. The number of aromatic nitrogens is 4. The summed E-state index contributed by atoms with van der Waals surface area (Å²) in [6.45, 7) is -0.928. The van der Waals surface area contributed by atoms with Crippen molar-refractivity contribution in [1.29, 1.82) is 0 Å². The number of nitrogens with two attached hydrogens (primary N) is 1. The minimum absolute atomic E-state index is 0.0485. The highest BCUT2D eigenvalue weighted by Crippen LogP contribution is 2.61. The van der Waals surface area contributed by atoms with Crippen molar-refractivity contribution in [2.75, 3.05) is 12.3 Å². The predicted octanol–water partition coefficient (Wildman–Crippen LogP) is -2.06. The average molecular weight is 506 g/mol. The molecule has 0 aliphatic carbocycles. The molecule has 21 heteroatoms. The van der Waals surface area contributed by atoms with Crippen molar-refractivity contribution in [2.45, 2.75) is 24.5 Å². The fraction of sp³-hybridized carbons (Fsp3) is 0.500. The molecule has 0 amide bonds. The number of nitrogens with zero attached hydrogens (tertiary/aromatic N) is 4. The summed E-state index contributed by atoms with van der Waals surface area (Å²) >= 11 is 0. The number of ether oxygens (including phenoxy) is 1. The van der Waals surface area contributed by atoms with Gasteiger partial charge in [-0.05, 0) is 0 Å². The number of phosphoric acid groups is 1. The van der Waals surface area contributed by atoms with Crippen molar-refractivity contribution in [3.8, 4) is 0 Å². The van der Waals surface area contributed by atoms with Crippen LogP contribution in [0.3, 0.4) is 0 Å². The minimum atomic E-state index is -5.45. The molecule has 0 bridgehead atoms. The zero-order valence-electron chi connectivity index (χ0n) is 15.0. The Labute approximate surface area is 172 Å². The zero-order valence-corrected chi connectivity index (χ0v) is 17.7. The number of nitrogens with one attached hydrogen (secondary N) is 1. The topological polar surface area (TPSA) is 282 Å². The number of aliphatic hydroxyl groups is 2. The van der Waals surface area contributed by atoms with Gasteiger partial charge in [-0.25, -0.2) is 28.6 Å². The van der Waals surface area contributed by atoms with Crippen molar-refractivity contribution >= 4 is 40.3 Å². The van der Waals surface area contributed by atoms with E-state index in [1.54, 1.807) is 0 Å². The van der Waals surface area contributed by atoms with Crippen LogP contribution in [0.2, 0.25) is 0 Å². The maximum absolute atomic E-state index is 11.8. The normalized spacial score (nSPS) is 28.5. The second kappa shape index (κ2) is 8.53. The molecule has 31 heavy (non-hydrogen) atoms. The summed E-state index contributed by atoms with van der Waals surface area (Å²) in [7, 11) is -16.1. The van der Waals surface area contributed by atoms with Crippen LogP contribution in [-0.4, -0.2) is 74.2 Å². The van der Waals surface area contributed by atoms with Crippen molar-refractivity contribution in [3.05, 3.63) is 12.7 Å². The van der Waals surface area contributed by atoms with Gasteiger partial charge in [0.15, 0.2) is 17.7 Å². The highest BCUT2D eigenvalue weighted by molar-refractivity contribution is 7.70. The Hall–Kier alpha value is -1.36. The molecule has 3 heterocycles. The predicted molar refractivity (Wildman–Crippen MR) is 97.5 cm³/mol. The Bertz CT molecular complexity index is 1110. The van der Waals surface area contributed by atoms with Crippen molar-refractivity contribution in [2.24, 2.45) is 0 Å². The molecule has 9 N–H and O–H groups in total. The summed E-state index contributed by atoms with van der Waals surface area (Å²) in [5.41, 5.74) is 6.02. The van der Waals surface area contributed by atoms with Gasteiger partial charge in [0, 0.05) is 0 Å². The molecule has 0 saturated carbocycles. The van der Waals surface area contributed by atoms with Crippen LogP contribution >= 0.6 is 23.3 Å². The number of aliphatic hydroxyl groups excluding tert-OH is 2. The summed E-state index contributed by atoms with van der Waals surface area (Å²) < 4.78 is 48.9. The first kappa shape index (κ1) is 24.3. The van der Waals surface area contributed by atoms with Crippen molar-refractivity contribution in [1.82, 2.24) is 24.4 Å². The standard InChI is InChI=1S/C10H17N6O12P3/c11-8-5-9(13-2-12-8)16(3-14-5)10-7(18)6(17)4(27-10)1-26-31(24,25)28-30(22,23)15-29(19,20)21/h2-4,6-7,10,17-18H,1H2,(H,24,25)(H2,11,12,13)(H4,15,19,20,21,22,23)/t4-,6-,7-,10-/m0/s1. The first-order valence-corrected chi connectivity index (χ1v) is 12.7. The van der Waals surface area contributed by atoms with Gasteiger partial charge in [0.1, 0.15) is 30.2 Å². The van der Waals surface area contributed by atoms with E-state index in [4.69, 9.17) is 20.3 Å². The van der Waals surface area contributed by atoms with Gasteiger partial charge < -0.3 is 40.3 Å². The highest BCUT2D eigenvalue weighted by Gasteiger charge is 2.46. The van der Waals surface area contributed by atoms with E-state index in [1.807, 2.05) is 0 Å². The van der Waals surface area contributed by atoms with Crippen LogP contribution in [0, 0.1) is 0 Å². The van der Waals surface area contributed by atoms with Crippen LogP contribution in [0.5, 0.6) is 0 Å². The van der Waals surface area contributed by atoms with Crippen LogP contribution in [0.1, 0.15) is 6.23 Å². The van der Waals surface area contributed by atoms with E-state index in [0.29, 0.717) is 0 Å². The molecule has 2 aromatic heterocycles. The van der Waals surface area contributed by atoms with E-state index < -0.39 is 54.5 Å². The quantitative estimate of drug-likeness (QED) is 0.179. The highest BCUT2D eigenvalue weighted by atomic mass is 31.3. The number of hydrogen-bond acceptors (Lipinski definition) is 12. The third kappa shape index (κ3) is 5.71. The molecule has 174 valence electrons. The van der Waals surface area contributed by atoms with E-state index in [-0.39, 0.29) is 17.0 Å². The SMILES string of the molecule is Nc1ncnc2c1ncn2[C@H]1O[C@@H](COP(=O)(O)OP(=O)(O)NP(=O)(O)O)[C@H](O)[C@@H]1O. The molecule has 2 aromatic rings. The lowest BCUT2D eigenvalue weighted by Crippen LogP contribution is -2.33. The molecule has 2 unspecified atom stereocenters. The van der Waals surface area contributed by atoms with Crippen LogP contribution < -0.4 is 10.6 Å². The second-order valence-corrected chi connectivity index (χ2v) is 10.9. The van der Waals surface area contributed by atoms with Gasteiger partial charge in [-0.2, -0.15) is 4.31 Å². The number of hydrogen-bond donors (Lipinski definition) is 8. The van der Waals surface area contributed by atoms with Gasteiger partial charge in [-0.3, -0.25) is 9.09 Å². The van der Waals surface area contributed by atoms with Crippen molar-refractivity contribution < 1.29 is 57.1 Å². The van der Waals surface area contributed by atoms with Crippen LogP contribution in [0.25, 0.3) is 11.2 Å². The fourth-order valence-electron chi connectivity index (χ4n) is 2.67. The Kier molecular flexibility index (Phi) is 6.68. The van der Waals surface area contributed by atoms with Crippen molar-refractivity contribution in [3.63, 3.8) is 0 Å². The number of imidazole rings is 1. The zero-order chi connectivity index (χ0) is 23.2. The molecular formula is C10H17N6O12P3. The van der Waals surface area contributed by atoms with Gasteiger partial charge in [-0.15, -0.1) is 4.86 Å². The van der Waals surface area contributed by atoms with Crippen LogP contribution in [0.15, 0.2) is 12.7 Å². The summed E-state index contributed by atoms with van der Waals surface area (Å²) in [6.07, 6.45) is -3.62. The maximum atomic E-state index is 11.8. The minimum Gasteiger partial charge on any atom is -0.387 e. The number of anilines is 1. The number of fused-ring (bicyclic) bond motifs is 1. The first-order chi connectivity index (χ1) is 14.2. The van der Waals surface area contributed by atoms with Gasteiger partial charge in [0.25, 0.3) is 0 Å². The molecule has 6 atom stereocenters. The summed E-state index contributed by atoms with van der Waals surface area (Å²) in [5, 5.41) is 20.4. The lowest BCUT2D eigenvalue weighted by Gasteiger charge is -2.19. The smallest absolute Gasteiger partial charge is 0.387 e. The van der Waals surface area contributed by atoms with Crippen LogP contribution in [0.4, 0.5) is 5.82 Å². The monoisotopic (exact) mass is 506 g/mol. The fourth-order valence-corrected chi connectivity index (χ4v) is 6.10. The average Bonchev–Trinajstić information content (AvgIpc) is 3.13. The van der Waals surface area contributed by atoms with E-state index >= 15 is 0 Å². The Morgan fingerprint density at radius 1 is 1.13 bits per heavy atom. The molecule has 0 radical (unpaired) electrons. The van der Waals surface area contributed by atoms with Gasteiger partial charge in [0.2, 0.25) is 0 Å². The first-order valence-electron chi connectivity index (χ1n) is 8.00. The van der Waals surface area contributed by atoms with Gasteiger partial charge in [0.05, 0.1) is 12.9 Å². The third-order valence-corrected chi connectivity index (χ3v) is 8.11. The van der Waals surface area contributed by atoms with Gasteiger partial charge in [-0.1, -0.05) is 0 Å². The number of phosphoric ester groups is 1. The maximum Gasteiger partial charge on any atom is 0.480 e. The molecule has 1 fully saturated rings. The lowest BCUT2D eigenvalue weighted by molar-refractivity contribution is -0.0502. The summed E-state index contributed by atoms with van der Waals surface area (Å²) in [4.78, 5) is 48.5. The lowest BCUT2D eigenvalue weighted by atomic mass is 10.1. The van der Waals surface area contributed by atoms with E-state index in [0.717, 1.165) is 11.2 Å². The Morgan fingerprint density at radius 3 is 2.45 bits per heavy atom. The van der Waals surface area contributed by atoms with Gasteiger partial charge >= 0.3 is 23.3 Å². The molecule has 3 rings (SSSR count). The largest absolute Gasteiger partial charge is 0.480 e. The summed E-state index contributed by atoms with van der Waals surface area (Å²) in [5.74, 6) is 0.0485. The van der Waals surface area contributed by atoms with E-state index in [9.17, 15) is 33.7 Å². The second-order valence-electron chi connectivity index (χ2n) is 6.14. The molecule has 18 nitrogen and oxygen atoms in total. The Balaban J connectivity index is 1.69. The van der Waals surface area contributed by atoms with E-state index in [2.05, 4.69) is 23.8 Å². The Morgan fingerprint density at radius 2 is 1.81 bits per heavy atom. The molecule has 0 spiro atoms. The molecule has 1 saturated heterocycles. The number of rotatable bonds is 8. The molecule has 1 aliphatic heterocycles. The van der Waals surface area contributed by atoms with Crippen LogP contribution in [-0.2, 0) is 27.3 Å². The number of nitrogen functional groups attached to an aromatic ring is 1. The third-order valence-electron chi connectivity index (χ3n) is 3.87. The summed E-state index contributed by atoms with van der Waals surface area (Å²) in [6, 6.07) is 0. The molecule has 0 aromatic carbocycles. The molecular weight excluding hydrogens is 489 g/mol.